The van der Waals surface area contributed by atoms with Gasteiger partial charge in [0.25, 0.3) is 0 Å². The van der Waals surface area contributed by atoms with Gasteiger partial charge in [0.1, 0.15) is 5.82 Å². The Morgan fingerprint density at radius 1 is 1.56 bits per heavy atom. The van der Waals surface area contributed by atoms with E-state index < -0.39 is 5.82 Å². The quantitative estimate of drug-likeness (QED) is 0.553. The van der Waals surface area contributed by atoms with Crippen LogP contribution in [0.15, 0.2) is 12.1 Å². The number of rotatable bonds is 0. The van der Waals surface area contributed by atoms with Crippen LogP contribution in [-0.4, -0.2) is 0 Å². The summed E-state index contributed by atoms with van der Waals surface area (Å²) in [5.41, 5.74) is 5.14. The first-order valence-corrected chi connectivity index (χ1v) is 2.70. The fourth-order valence-corrected chi connectivity index (χ4v) is 0.611. The van der Waals surface area contributed by atoms with Gasteiger partial charge in [-0.15, -0.1) is 0 Å². The Bertz CT molecular complexity index is 204. The molecule has 1 aromatic rings. The lowest BCUT2D eigenvalue weighted by Gasteiger charge is -1.95. The van der Waals surface area contributed by atoms with E-state index in [4.69, 9.17) is 17.3 Å². The molecular formula is C6H4ClFN. The molecule has 0 bridgehead atoms. The van der Waals surface area contributed by atoms with Crippen molar-refractivity contribution in [2.75, 3.05) is 5.73 Å². The van der Waals surface area contributed by atoms with Crippen molar-refractivity contribution in [3.05, 3.63) is 29.0 Å². The lowest BCUT2D eigenvalue weighted by Crippen LogP contribution is -1.89. The van der Waals surface area contributed by atoms with Crippen molar-refractivity contribution in [2.45, 2.75) is 0 Å². The average Bonchev–Trinajstić information content (AvgIpc) is 1.83. The van der Waals surface area contributed by atoms with E-state index in [1.54, 1.807) is 0 Å². The standard InChI is InChI=1S/C6H4ClFN/c7-4-2-1-3-5(8)6(4)9/h2-3H,9H2. The van der Waals surface area contributed by atoms with Gasteiger partial charge in [0.15, 0.2) is 0 Å². The Morgan fingerprint density at radius 2 is 2.22 bits per heavy atom. The second-order valence-electron chi connectivity index (χ2n) is 1.56. The molecule has 0 unspecified atom stereocenters. The zero-order valence-corrected chi connectivity index (χ0v) is 5.24. The summed E-state index contributed by atoms with van der Waals surface area (Å²) in [7, 11) is 0. The number of hydrogen-bond donors (Lipinski definition) is 1. The molecule has 1 radical (unpaired) electrons. The number of hydrogen-bond acceptors (Lipinski definition) is 1. The molecule has 0 atom stereocenters. The largest absolute Gasteiger partial charge is 0.395 e. The molecule has 0 heterocycles. The first kappa shape index (κ1) is 6.36. The molecule has 9 heavy (non-hydrogen) atoms. The molecule has 1 rings (SSSR count). The van der Waals surface area contributed by atoms with E-state index in [-0.39, 0.29) is 10.7 Å². The van der Waals surface area contributed by atoms with Crippen LogP contribution in [0, 0.1) is 11.9 Å². The maximum absolute atomic E-state index is 12.3. The van der Waals surface area contributed by atoms with E-state index in [0.717, 1.165) is 6.07 Å². The van der Waals surface area contributed by atoms with Crippen molar-refractivity contribution in [2.24, 2.45) is 0 Å². The third-order valence-electron chi connectivity index (χ3n) is 0.935. The summed E-state index contributed by atoms with van der Waals surface area (Å²) in [5, 5.41) is 0.204. The molecule has 0 saturated carbocycles. The minimum Gasteiger partial charge on any atom is -0.395 e. The Hall–Kier alpha value is -0.760. The van der Waals surface area contributed by atoms with Crippen molar-refractivity contribution < 1.29 is 4.39 Å². The summed E-state index contributed by atoms with van der Waals surface area (Å²) in [5.74, 6) is -0.525. The molecule has 1 nitrogen and oxygen atoms in total. The highest BCUT2D eigenvalue weighted by molar-refractivity contribution is 6.33. The van der Waals surface area contributed by atoms with E-state index in [9.17, 15) is 4.39 Å². The molecule has 0 fully saturated rings. The summed E-state index contributed by atoms with van der Waals surface area (Å²) >= 11 is 5.42. The second kappa shape index (κ2) is 2.23. The molecule has 0 aromatic heterocycles. The van der Waals surface area contributed by atoms with Gasteiger partial charge < -0.3 is 5.73 Å². The SMILES string of the molecule is Nc1c(F)c[c]cc1Cl. The molecule has 0 saturated heterocycles. The summed E-state index contributed by atoms with van der Waals surface area (Å²) in [4.78, 5) is 0. The lowest BCUT2D eigenvalue weighted by atomic mass is 10.3. The Kier molecular flexibility index (Phi) is 1.58. The van der Waals surface area contributed by atoms with Crippen LogP contribution in [0.3, 0.4) is 0 Å². The fraction of sp³-hybridized carbons (Fsp3) is 0. The number of benzene rings is 1. The van der Waals surface area contributed by atoms with Crippen LogP contribution in [0.2, 0.25) is 5.02 Å². The third kappa shape index (κ3) is 1.13. The molecule has 0 amide bonds. The van der Waals surface area contributed by atoms with Gasteiger partial charge in [0, 0.05) is 0 Å². The highest BCUT2D eigenvalue weighted by Crippen LogP contribution is 2.19. The average molecular weight is 145 g/mol. The molecule has 0 aliphatic rings. The van der Waals surface area contributed by atoms with Gasteiger partial charge in [0.2, 0.25) is 0 Å². The van der Waals surface area contributed by atoms with Gasteiger partial charge in [-0.3, -0.25) is 0 Å². The number of nitrogen functional groups attached to an aromatic ring is 1. The highest BCUT2D eigenvalue weighted by Gasteiger charge is 1.99. The van der Waals surface area contributed by atoms with Crippen molar-refractivity contribution in [3.63, 3.8) is 0 Å². The van der Waals surface area contributed by atoms with Crippen molar-refractivity contribution in [3.8, 4) is 0 Å². The van der Waals surface area contributed by atoms with Crippen molar-refractivity contribution in [1.29, 1.82) is 0 Å². The maximum Gasteiger partial charge on any atom is 0.148 e. The molecular weight excluding hydrogens is 141 g/mol. The second-order valence-corrected chi connectivity index (χ2v) is 1.97. The molecule has 1 aromatic carbocycles. The minimum absolute atomic E-state index is 0.0181. The van der Waals surface area contributed by atoms with Crippen LogP contribution in [-0.2, 0) is 0 Å². The van der Waals surface area contributed by atoms with E-state index in [2.05, 4.69) is 6.07 Å². The van der Waals surface area contributed by atoms with Crippen molar-refractivity contribution in [1.82, 2.24) is 0 Å². The zero-order chi connectivity index (χ0) is 6.85. The van der Waals surface area contributed by atoms with Crippen LogP contribution >= 0.6 is 11.6 Å². The van der Waals surface area contributed by atoms with Crippen LogP contribution in [0.25, 0.3) is 0 Å². The van der Waals surface area contributed by atoms with Crippen LogP contribution in [0.4, 0.5) is 10.1 Å². The minimum atomic E-state index is -0.525. The Balaban J connectivity index is 3.25. The zero-order valence-electron chi connectivity index (χ0n) is 4.49. The van der Waals surface area contributed by atoms with Gasteiger partial charge in [-0.2, -0.15) is 0 Å². The molecule has 0 spiro atoms. The normalized spacial score (nSPS) is 9.56. The van der Waals surface area contributed by atoms with Crippen LogP contribution < -0.4 is 5.73 Å². The third-order valence-corrected chi connectivity index (χ3v) is 1.25. The van der Waals surface area contributed by atoms with Crippen LogP contribution in [0.5, 0.6) is 0 Å². The summed E-state index contributed by atoms with van der Waals surface area (Å²) < 4.78 is 12.3. The van der Waals surface area contributed by atoms with Gasteiger partial charge in [0.05, 0.1) is 10.7 Å². The Morgan fingerprint density at radius 3 is 2.67 bits per heavy atom. The van der Waals surface area contributed by atoms with E-state index in [1.807, 2.05) is 0 Å². The van der Waals surface area contributed by atoms with Crippen molar-refractivity contribution >= 4 is 17.3 Å². The van der Waals surface area contributed by atoms with Gasteiger partial charge in [-0.1, -0.05) is 11.6 Å². The maximum atomic E-state index is 12.3. The summed E-state index contributed by atoms with van der Waals surface area (Å²) in [6, 6.07) is 5.04. The molecule has 2 N–H and O–H groups in total. The smallest absolute Gasteiger partial charge is 0.148 e. The monoisotopic (exact) mass is 144 g/mol. The first-order chi connectivity index (χ1) is 4.22. The molecule has 3 heteroatoms. The Labute approximate surface area is 57.2 Å². The molecule has 0 aliphatic heterocycles. The highest BCUT2D eigenvalue weighted by atomic mass is 35.5. The predicted octanol–water partition coefficient (Wildman–Crippen LogP) is 1.86. The number of anilines is 1. The van der Waals surface area contributed by atoms with E-state index in [1.165, 1.54) is 6.07 Å². The summed E-state index contributed by atoms with van der Waals surface area (Å²) in [6.07, 6.45) is 0. The summed E-state index contributed by atoms with van der Waals surface area (Å²) in [6.45, 7) is 0. The first-order valence-electron chi connectivity index (χ1n) is 2.32. The van der Waals surface area contributed by atoms with E-state index >= 15 is 0 Å². The molecule has 0 aliphatic carbocycles. The number of halogens is 2. The fourth-order valence-electron chi connectivity index (χ4n) is 0.458. The topological polar surface area (TPSA) is 26.0 Å². The lowest BCUT2D eigenvalue weighted by molar-refractivity contribution is 0.632. The predicted molar refractivity (Wildman–Crippen MR) is 34.7 cm³/mol. The van der Waals surface area contributed by atoms with Gasteiger partial charge >= 0.3 is 0 Å². The molecule has 47 valence electrons. The van der Waals surface area contributed by atoms with E-state index in [0.29, 0.717) is 0 Å². The van der Waals surface area contributed by atoms with Crippen LogP contribution in [0.1, 0.15) is 0 Å². The van der Waals surface area contributed by atoms with Gasteiger partial charge in [-0.05, 0) is 18.2 Å². The van der Waals surface area contributed by atoms with Gasteiger partial charge in [-0.25, -0.2) is 4.39 Å². The number of nitrogens with two attached hydrogens (primary N) is 1.